The summed E-state index contributed by atoms with van der Waals surface area (Å²) in [5, 5.41) is 4.79. The van der Waals surface area contributed by atoms with Crippen LogP contribution in [-0.2, 0) is 6.54 Å². The van der Waals surface area contributed by atoms with Crippen LogP contribution < -0.4 is 5.73 Å². The van der Waals surface area contributed by atoms with Crippen molar-refractivity contribution in [2.24, 2.45) is 5.73 Å². The van der Waals surface area contributed by atoms with E-state index in [2.05, 4.69) is 20.6 Å². The molecule has 4 heterocycles. The zero-order chi connectivity index (χ0) is 18.1. The first-order chi connectivity index (χ1) is 12.6. The third kappa shape index (κ3) is 3.04. The van der Waals surface area contributed by atoms with Crippen LogP contribution in [0.5, 0.6) is 0 Å². The van der Waals surface area contributed by atoms with Crippen molar-refractivity contribution in [3.63, 3.8) is 0 Å². The monoisotopic (exact) mass is 381 g/mol. The van der Waals surface area contributed by atoms with E-state index in [-0.39, 0.29) is 0 Å². The molecule has 0 spiro atoms. The number of amides is 1. The molecule has 0 unspecified atom stereocenters. The fourth-order valence-corrected chi connectivity index (χ4v) is 4.25. The van der Waals surface area contributed by atoms with Gasteiger partial charge >= 0.3 is 0 Å². The van der Waals surface area contributed by atoms with Gasteiger partial charge in [0.15, 0.2) is 0 Å². The van der Waals surface area contributed by atoms with Gasteiger partial charge in [0.05, 0.1) is 29.7 Å². The average Bonchev–Trinajstić information content (AvgIpc) is 3.38. The van der Waals surface area contributed by atoms with E-state index in [4.69, 9.17) is 10.7 Å². The van der Waals surface area contributed by atoms with Gasteiger partial charge in [-0.1, -0.05) is 6.07 Å². The molecule has 1 amide bonds. The fraction of sp³-hybridized carbons (Fsp3) is 0.111. The molecule has 0 atom stereocenters. The highest BCUT2D eigenvalue weighted by atomic mass is 32.1. The highest BCUT2D eigenvalue weighted by molar-refractivity contribution is 7.13. The lowest BCUT2D eigenvalue weighted by molar-refractivity contribution is 0.0999. The minimum absolute atomic E-state index is 0.432. The Balaban J connectivity index is 1.79. The molecule has 0 saturated carbocycles. The van der Waals surface area contributed by atoms with Gasteiger partial charge in [0.2, 0.25) is 0 Å². The molecular weight excluding hydrogens is 366 g/mol. The third-order valence-electron chi connectivity index (χ3n) is 4.07. The Morgan fingerprint density at radius 1 is 1.27 bits per heavy atom. The van der Waals surface area contributed by atoms with Crippen LogP contribution in [0.1, 0.15) is 20.9 Å². The number of carbonyl (C=O) groups is 1. The minimum atomic E-state index is -0.432. The molecule has 4 aromatic rings. The van der Waals surface area contributed by atoms with Crippen LogP contribution in [0.2, 0.25) is 0 Å². The van der Waals surface area contributed by atoms with Crippen LogP contribution in [-0.4, -0.2) is 25.4 Å². The molecule has 0 saturated heterocycles. The highest BCUT2D eigenvalue weighted by Gasteiger charge is 2.19. The topological polar surface area (TPSA) is 86.7 Å². The number of thiazole rings is 1. The van der Waals surface area contributed by atoms with Crippen molar-refractivity contribution in [2.75, 3.05) is 0 Å². The summed E-state index contributed by atoms with van der Waals surface area (Å²) in [6.45, 7) is 2.58. The second-order valence-electron chi connectivity index (χ2n) is 5.69. The Bertz CT molecular complexity index is 1050. The number of thiophene rings is 1. The van der Waals surface area contributed by atoms with Crippen molar-refractivity contribution in [3.8, 4) is 22.1 Å². The molecular formula is C18H15N5OS2. The first kappa shape index (κ1) is 16.6. The molecule has 0 bridgehead atoms. The predicted octanol–water partition coefficient (Wildman–Crippen LogP) is 3.59. The molecule has 6 nitrogen and oxygen atoms in total. The van der Waals surface area contributed by atoms with Crippen LogP contribution in [0.4, 0.5) is 0 Å². The number of primary amides is 1. The van der Waals surface area contributed by atoms with Crippen molar-refractivity contribution in [2.45, 2.75) is 13.5 Å². The molecule has 4 aromatic heterocycles. The van der Waals surface area contributed by atoms with E-state index in [1.165, 1.54) is 16.2 Å². The average molecular weight is 381 g/mol. The molecule has 26 heavy (non-hydrogen) atoms. The van der Waals surface area contributed by atoms with Gasteiger partial charge in [0.1, 0.15) is 10.7 Å². The van der Waals surface area contributed by atoms with Crippen molar-refractivity contribution in [3.05, 3.63) is 63.7 Å². The number of hydrogen-bond donors (Lipinski definition) is 1. The molecule has 0 aliphatic rings. The Morgan fingerprint density at radius 3 is 2.85 bits per heavy atom. The lowest BCUT2D eigenvalue weighted by Gasteiger charge is -2.09. The summed E-state index contributed by atoms with van der Waals surface area (Å²) in [6, 6.07) is 5.91. The van der Waals surface area contributed by atoms with E-state index in [0.29, 0.717) is 12.1 Å². The van der Waals surface area contributed by atoms with E-state index < -0.39 is 5.91 Å². The third-order valence-corrected chi connectivity index (χ3v) is 5.80. The standard InChI is InChI=1S/C18H15N5OS2/c1-11-13(17(19)24)7-16(23(11)9-12-3-2-6-25-12)15-10-26-18(22-15)14-8-20-4-5-21-14/h2-8,10H,9H2,1H3,(H2,19,24). The highest BCUT2D eigenvalue weighted by Crippen LogP contribution is 2.31. The first-order valence-corrected chi connectivity index (χ1v) is 9.64. The summed E-state index contributed by atoms with van der Waals surface area (Å²) in [4.78, 5) is 26.1. The molecule has 2 N–H and O–H groups in total. The second kappa shape index (κ2) is 6.81. The zero-order valence-corrected chi connectivity index (χ0v) is 15.5. The van der Waals surface area contributed by atoms with Gasteiger partial charge in [0.25, 0.3) is 5.91 Å². The Kier molecular flexibility index (Phi) is 4.36. The Morgan fingerprint density at radius 2 is 2.15 bits per heavy atom. The smallest absolute Gasteiger partial charge is 0.250 e. The maximum absolute atomic E-state index is 11.8. The van der Waals surface area contributed by atoms with Gasteiger partial charge in [0, 0.05) is 28.3 Å². The van der Waals surface area contributed by atoms with E-state index >= 15 is 0 Å². The van der Waals surface area contributed by atoms with E-state index in [9.17, 15) is 4.79 Å². The van der Waals surface area contributed by atoms with Crippen LogP contribution in [0.3, 0.4) is 0 Å². The van der Waals surface area contributed by atoms with E-state index in [0.717, 1.165) is 27.8 Å². The summed E-state index contributed by atoms with van der Waals surface area (Å²) in [7, 11) is 0. The minimum Gasteiger partial charge on any atom is -0.366 e. The number of hydrogen-bond acceptors (Lipinski definition) is 6. The molecule has 0 aliphatic carbocycles. The molecule has 8 heteroatoms. The van der Waals surface area contributed by atoms with Crippen LogP contribution in [0.25, 0.3) is 22.1 Å². The number of rotatable bonds is 5. The summed E-state index contributed by atoms with van der Waals surface area (Å²) in [6.07, 6.45) is 4.96. The number of carbonyl (C=O) groups excluding carboxylic acids is 1. The van der Waals surface area contributed by atoms with Gasteiger partial charge in [-0.15, -0.1) is 22.7 Å². The van der Waals surface area contributed by atoms with Crippen molar-refractivity contribution < 1.29 is 4.79 Å². The van der Waals surface area contributed by atoms with E-state index in [1.54, 1.807) is 29.9 Å². The lowest BCUT2D eigenvalue weighted by Crippen LogP contribution is -2.12. The van der Waals surface area contributed by atoms with Crippen LogP contribution >= 0.6 is 22.7 Å². The fourth-order valence-electron chi connectivity index (χ4n) is 2.79. The van der Waals surface area contributed by atoms with Gasteiger partial charge in [-0.2, -0.15) is 0 Å². The lowest BCUT2D eigenvalue weighted by atomic mass is 10.2. The summed E-state index contributed by atoms with van der Waals surface area (Å²) < 4.78 is 2.08. The molecule has 0 radical (unpaired) electrons. The zero-order valence-electron chi connectivity index (χ0n) is 13.9. The van der Waals surface area contributed by atoms with Crippen molar-refractivity contribution in [1.29, 1.82) is 0 Å². The normalized spacial score (nSPS) is 11.0. The van der Waals surface area contributed by atoms with Crippen LogP contribution in [0, 0.1) is 6.92 Å². The van der Waals surface area contributed by atoms with E-state index in [1.807, 2.05) is 29.8 Å². The number of nitrogens with zero attached hydrogens (tertiary/aromatic N) is 4. The van der Waals surface area contributed by atoms with Gasteiger partial charge < -0.3 is 10.3 Å². The maximum Gasteiger partial charge on any atom is 0.250 e. The predicted molar refractivity (Wildman–Crippen MR) is 103 cm³/mol. The van der Waals surface area contributed by atoms with Crippen molar-refractivity contribution >= 4 is 28.6 Å². The molecule has 0 aliphatic heterocycles. The molecule has 4 rings (SSSR count). The first-order valence-electron chi connectivity index (χ1n) is 7.88. The Hall–Kier alpha value is -2.84. The summed E-state index contributed by atoms with van der Waals surface area (Å²) >= 11 is 3.17. The van der Waals surface area contributed by atoms with Gasteiger partial charge in [-0.25, -0.2) is 4.98 Å². The largest absolute Gasteiger partial charge is 0.366 e. The summed E-state index contributed by atoms with van der Waals surface area (Å²) in [5.41, 5.74) is 9.31. The SMILES string of the molecule is Cc1c(C(N)=O)cc(-c2csc(-c3cnccn3)n2)n1Cc1cccs1. The molecule has 130 valence electrons. The summed E-state index contributed by atoms with van der Waals surface area (Å²) in [5.74, 6) is -0.432. The van der Waals surface area contributed by atoms with Crippen LogP contribution in [0.15, 0.2) is 47.5 Å². The number of aromatic nitrogens is 4. The quantitative estimate of drug-likeness (QED) is 0.572. The van der Waals surface area contributed by atoms with Crippen molar-refractivity contribution in [1.82, 2.24) is 19.5 Å². The second-order valence-corrected chi connectivity index (χ2v) is 7.58. The number of nitrogens with two attached hydrogens (primary N) is 1. The molecule has 0 fully saturated rings. The Labute approximate surface area is 158 Å². The molecule has 0 aromatic carbocycles. The maximum atomic E-state index is 11.8. The van der Waals surface area contributed by atoms with Gasteiger partial charge in [-0.3, -0.25) is 14.8 Å². The van der Waals surface area contributed by atoms with Gasteiger partial charge in [-0.05, 0) is 24.4 Å².